The fourth-order valence-electron chi connectivity index (χ4n) is 3.39. The van der Waals surface area contributed by atoms with E-state index < -0.39 is 5.79 Å². The molecule has 132 valence electrons. The number of amides is 1. The number of nitrogens with zero attached hydrogens (tertiary/aromatic N) is 1. The maximum Gasteiger partial charge on any atom is 0.292 e. The Bertz CT molecular complexity index is 615. The second-order valence-corrected chi connectivity index (χ2v) is 7.11. The van der Waals surface area contributed by atoms with E-state index in [-0.39, 0.29) is 5.91 Å². The topological polar surface area (TPSA) is 38.8 Å². The minimum absolute atomic E-state index is 0.206. The maximum atomic E-state index is 13.1. The van der Waals surface area contributed by atoms with Crippen LogP contribution in [0.4, 0.5) is 5.69 Å². The van der Waals surface area contributed by atoms with E-state index in [0.29, 0.717) is 41.1 Å². The summed E-state index contributed by atoms with van der Waals surface area (Å²) in [7, 11) is 0. The third kappa shape index (κ3) is 3.05. The summed E-state index contributed by atoms with van der Waals surface area (Å²) < 4.78 is 11.6. The van der Waals surface area contributed by atoms with Gasteiger partial charge in [0.25, 0.3) is 11.7 Å². The Labute approximate surface area is 153 Å². The first-order valence-corrected chi connectivity index (χ1v) is 9.45. The molecule has 0 unspecified atom stereocenters. The van der Waals surface area contributed by atoms with Gasteiger partial charge in [0.15, 0.2) is 0 Å². The molecule has 2 aliphatic heterocycles. The second-order valence-electron chi connectivity index (χ2n) is 6.29. The molecule has 1 saturated heterocycles. The van der Waals surface area contributed by atoms with E-state index in [1.165, 1.54) is 19.3 Å². The molecule has 1 spiro atoms. The summed E-state index contributed by atoms with van der Waals surface area (Å²) in [6, 6.07) is 3.42. The molecule has 0 atom stereocenters. The van der Waals surface area contributed by atoms with Crippen molar-refractivity contribution in [1.82, 2.24) is 0 Å². The Morgan fingerprint density at radius 2 is 1.75 bits per heavy atom. The molecular formula is C18H23Cl2NO3. The molecule has 6 heteroatoms. The molecule has 4 nitrogen and oxygen atoms in total. The van der Waals surface area contributed by atoms with Crippen molar-refractivity contribution >= 4 is 34.8 Å². The summed E-state index contributed by atoms with van der Waals surface area (Å²) in [5.74, 6) is -1.62. The van der Waals surface area contributed by atoms with Crippen molar-refractivity contribution in [3.8, 4) is 0 Å². The minimum atomic E-state index is -1.42. The number of fused-ring (bicyclic) bond motifs is 2. The maximum absolute atomic E-state index is 13.1. The van der Waals surface area contributed by atoms with Crippen LogP contribution in [0.25, 0.3) is 0 Å². The van der Waals surface area contributed by atoms with Crippen molar-refractivity contribution in [2.75, 3.05) is 24.7 Å². The molecule has 1 amide bonds. The summed E-state index contributed by atoms with van der Waals surface area (Å²) in [4.78, 5) is 14.8. The van der Waals surface area contributed by atoms with E-state index in [2.05, 4.69) is 6.92 Å². The molecule has 24 heavy (non-hydrogen) atoms. The van der Waals surface area contributed by atoms with Crippen molar-refractivity contribution in [2.24, 2.45) is 0 Å². The lowest BCUT2D eigenvalue weighted by Crippen LogP contribution is -2.47. The number of benzene rings is 1. The summed E-state index contributed by atoms with van der Waals surface area (Å²) in [6.07, 6.45) is 6.35. The van der Waals surface area contributed by atoms with Gasteiger partial charge in [0, 0.05) is 6.54 Å². The first kappa shape index (κ1) is 18.0. The number of hydrogen-bond acceptors (Lipinski definition) is 3. The van der Waals surface area contributed by atoms with Gasteiger partial charge in [0.1, 0.15) is 0 Å². The zero-order chi connectivity index (χ0) is 17.2. The van der Waals surface area contributed by atoms with Gasteiger partial charge in [-0.05, 0) is 25.0 Å². The van der Waals surface area contributed by atoms with E-state index >= 15 is 0 Å². The summed E-state index contributed by atoms with van der Waals surface area (Å²) in [6.45, 7) is 3.73. The van der Waals surface area contributed by atoms with Gasteiger partial charge in [0.2, 0.25) is 0 Å². The van der Waals surface area contributed by atoms with Gasteiger partial charge in [-0.15, -0.1) is 0 Å². The number of halogens is 2. The molecule has 2 heterocycles. The van der Waals surface area contributed by atoms with E-state index in [4.69, 9.17) is 32.7 Å². The van der Waals surface area contributed by atoms with Crippen LogP contribution in [0.2, 0.25) is 10.0 Å². The minimum Gasteiger partial charge on any atom is -0.338 e. The molecule has 2 aliphatic rings. The van der Waals surface area contributed by atoms with Crippen molar-refractivity contribution in [3.63, 3.8) is 0 Å². The van der Waals surface area contributed by atoms with E-state index in [0.717, 1.165) is 19.3 Å². The fraction of sp³-hybridized carbons (Fsp3) is 0.611. The number of rotatable bonds is 6. The summed E-state index contributed by atoms with van der Waals surface area (Å²) in [5.41, 5.74) is 1.21. The third-order valence-corrected chi connectivity index (χ3v) is 5.21. The van der Waals surface area contributed by atoms with E-state index in [1.807, 2.05) is 0 Å². The van der Waals surface area contributed by atoms with E-state index in [9.17, 15) is 4.79 Å². The monoisotopic (exact) mass is 371 g/mol. The Kier molecular flexibility index (Phi) is 5.70. The van der Waals surface area contributed by atoms with Crippen LogP contribution >= 0.6 is 23.2 Å². The van der Waals surface area contributed by atoms with Gasteiger partial charge >= 0.3 is 0 Å². The first-order chi connectivity index (χ1) is 11.6. The van der Waals surface area contributed by atoms with Gasteiger partial charge in [-0.1, -0.05) is 55.8 Å². The van der Waals surface area contributed by atoms with Gasteiger partial charge in [-0.3, -0.25) is 4.79 Å². The van der Waals surface area contributed by atoms with Gasteiger partial charge in [0.05, 0.1) is 34.5 Å². The predicted molar refractivity (Wildman–Crippen MR) is 95.8 cm³/mol. The average Bonchev–Trinajstić information content (AvgIpc) is 2.82. The summed E-state index contributed by atoms with van der Waals surface area (Å²) in [5, 5.41) is 0.962. The number of carbonyl (C=O) groups excluding carboxylic acids is 1. The number of carbonyl (C=O) groups is 1. The highest BCUT2D eigenvalue weighted by Crippen LogP contribution is 2.51. The highest BCUT2D eigenvalue weighted by Gasteiger charge is 2.56. The molecule has 1 aromatic carbocycles. The van der Waals surface area contributed by atoms with Crippen LogP contribution in [0.5, 0.6) is 0 Å². The zero-order valence-corrected chi connectivity index (χ0v) is 15.5. The van der Waals surface area contributed by atoms with Crippen LogP contribution in [0.3, 0.4) is 0 Å². The Morgan fingerprint density at radius 1 is 1.08 bits per heavy atom. The van der Waals surface area contributed by atoms with Crippen molar-refractivity contribution < 1.29 is 14.3 Å². The molecule has 0 aliphatic carbocycles. The molecule has 3 rings (SSSR count). The number of ether oxygens (including phenoxy) is 2. The van der Waals surface area contributed by atoms with Crippen LogP contribution in [-0.4, -0.2) is 25.7 Å². The largest absolute Gasteiger partial charge is 0.338 e. The third-order valence-electron chi connectivity index (χ3n) is 4.59. The highest BCUT2D eigenvalue weighted by atomic mass is 35.5. The normalized spacial score (nSPS) is 19.1. The fourth-order valence-corrected chi connectivity index (χ4v) is 3.93. The quantitative estimate of drug-likeness (QED) is 0.667. The lowest BCUT2D eigenvalue weighted by molar-refractivity contribution is -0.256. The SMILES string of the molecule is CCCCCCCN1C(=O)C2(OCCCO2)c2c(Cl)ccc(Cl)c21. The van der Waals surface area contributed by atoms with Crippen molar-refractivity contribution in [1.29, 1.82) is 0 Å². The average molecular weight is 372 g/mol. The molecule has 1 aromatic rings. The van der Waals surface area contributed by atoms with Crippen molar-refractivity contribution in [3.05, 3.63) is 27.7 Å². The molecule has 0 radical (unpaired) electrons. The van der Waals surface area contributed by atoms with E-state index in [1.54, 1.807) is 17.0 Å². The smallest absolute Gasteiger partial charge is 0.292 e. The van der Waals surface area contributed by atoms with Crippen LogP contribution in [0.1, 0.15) is 51.0 Å². The molecule has 0 saturated carbocycles. The Balaban J connectivity index is 1.89. The first-order valence-electron chi connectivity index (χ1n) is 8.70. The van der Waals surface area contributed by atoms with Crippen molar-refractivity contribution in [2.45, 2.75) is 51.2 Å². The summed E-state index contributed by atoms with van der Waals surface area (Å²) >= 11 is 12.8. The zero-order valence-electron chi connectivity index (χ0n) is 13.9. The molecule has 1 fully saturated rings. The standard InChI is InChI=1S/C18H23Cl2NO3/c1-2-3-4-5-6-10-21-16-14(20)9-8-13(19)15(16)18(17(21)22)23-11-7-12-24-18/h8-9H,2-7,10-12H2,1H3. The highest BCUT2D eigenvalue weighted by molar-refractivity contribution is 6.38. The molecule has 0 aromatic heterocycles. The van der Waals surface area contributed by atoms with Crippen LogP contribution in [0, 0.1) is 0 Å². The van der Waals surface area contributed by atoms with Gasteiger partial charge in [-0.2, -0.15) is 0 Å². The van der Waals surface area contributed by atoms with Crippen LogP contribution < -0.4 is 4.90 Å². The molecule has 0 N–H and O–H groups in total. The van der Waals surface area contributed by atoms with Crippen LogP contribution in [-0.2, 0) is 20.1 Å². The molecular weight excluding hydrogens is 349 g/mol. The Hall–Kier alpha value is -0.810. The van der Waals surface area contributed by atoms with Gasteiger partial charge in [-0.25, -0.2) is 0 Å². The second kappa shape index (κ2) is 7.61. The van der Waals surface area contributed by atoms with Crippen LogP contribution in [0.15, 0.2) is 12.1 Å². The predicted octanol–water partition coefficient (Wildman–Crippen LogP) is 4.90. The van der Waals surface area contributed by atoms with Gasteiger partial charge < -0.3 is 14.4 Å². The Morgan fingerprint density at radius 3 is 2.46 bits per heavy atom. The molecule has 0 bridgehead atoms. The lowest BCUT2D eigenvalue weighted by atomic mass is 10.1. The number of hydrogen-bond donors (Lipinski definition) is 0. The lowest BCUT2D eigenvalue weighted by Gasteiger charge is -2.32. The number of anilines is 1. The number of unbranched alkanes of at least 4 members (excludes halogenated alkanes) is 4.